The Morgan fingerprint density at radius 2 is 1.79 bits per heavy atom. The molecule has 3 heterocycles. The van der Waals surface area contributed by atoms with Crippen LogP contribution in [0.3, 0.4) is 0 Å². The molecule has 0 radical (unpaired) electrons. The lowest BCUT2D eigenvalue weighted by atomic mass is 9.96. The molecule has 1 aromatic heterocycles. The SMILES string of the molecule is CN1CCN(C(=O)C[C@@]2(COc3ccc(F)cc3)CN(Cc3cccn3-c3ccccc3Cl)CCO2)CC1. The van der Waals surface area contributed by atoms with Crippen LogP contribution in [0.5, 0.6) is 5.75 Å². The first kappa shape index (κ1) is 26.7. The van der Waals surface area contributed by atoms with Gasteiger partial charge in [-0.25, -0.2) is 4.39 Å². The first-order valence-electron chi connectivity index (χ1n) is 13.0. The van der Waals surface area contributed by atoms with E-state index in [0.29, 0.717) is 43.6 Å². The van der Waals surface area contributed by atoms with Gasteiger partial charge in [0.15, 0.2) is 0 Å². The van der Waals surface area contributed by atoms with Gasteiger partial charge in [0.05, 0.1) is 23.7 Å². The summed E-state index contributed by atoms with van der Waals surface area (Å²) >= 11 is 6.49. The molecule has 9 heteroatoms. The maximum absolute atomic E-state index is 13.4. The van der Waals surface area contributed by atoms with Crippen molar-refractivity contribution < 1.29 is 18.7 Å². The maximum atomic E-state index is 13.4. The average molecular weight is 541 g/mol. The average Bonchev–Trinajstić information content (AvgIpc) is 3.37. The fourth-order valence-corrected chi connectivity index (χ4v) is 5.38. The Kier molecular flexibility index (Phi) is 8.33. The first-order valence-corrected chi connectivity index (χ1v) is 13.4. The smallest absolute Gasteiger partial charge is 0.225 e. The monoisotopic (exact) mass is 540 g/mol. The van der Waals surface area contributed by atoms with E-state index in [1.807, 2.05) is 41.4 Å². The third-order valence-corrected chi connectivity index (χ3v) is 7.62. The van der Waals surface area contributed by atoms with Crippen LogP contribution in [0.25, 0.3) is 5.69 Å². The lowest BCUT2D eigenvalue weighted by molar-refractivity contribution is -0.158. The fraction of sp³-hybridized carbons (Fsp3) is 0.414. The van der Waals surface area contributed by atoms with Crippen LogP contribution >= 0.6 is 11.6 Å². The van der Waals surface area contributed by atoms with Crippen molar-refractivity contribution >= 4 is 17.5 Å². The number of hydrogen-bond acceptors (Lipinski definition) is 5. The molecule has 1 atom stereocenters. The van der Waals surface area contributed by atoms with Gasteiger partial charge in [-0.1, -0.05) is 23.7 Å². The van der Waals surface area contributed by atoms with Gasteiger partial charge < -0.3 is 23.8 Å². The minimum absolute atomic E-state index is 0.0714. The summed E-state index contributed by atoms with van der Waals surface area (Å²) < 4.78 is 28.0. The molecular weight excluding hydrogens is 507 g/mol. The fourth-order valence-electron chi connectivity index (χ4n) is 5.15. The van der Waals surface area contributed by atoms with E-state index < -0.39 is 5.60 Å². The second-order valence-corrected chi connectivity index (χ2v) is 10.6. The molecule has 0 spiro atoms. The molecule has 2 fully saturated rings. The quantitative estimate of drug-likeness (QED) is 0.431. The number of para-hydroxylation sites is 1. The first-order chi connectivity index (χ1) is 18.4. The third kappa shape index (κ3) is 6.38. The summed E-state index contributed by atoms with van der Waals surface area (Å²) in [6.45, 7) is 5.74. The predicted molar refractivity (Wildman–Crippen MR) is 145 cm³/mol. The predicted octanol–water partition coefficient (Wildman–Crippen LogP) is 4.08. The van der Waals surface area contributed by atoms with Gasteiger partial charge in [0.1, 0.15) is 23.8 Å². The van der Waals surface area contributed by atoms with Crippen molar-refractivity contribution in [3.8, 4) is 11.4 Å². The number of rotatable bonds is 8. The Labute approximate surface area is 228 Å². The van der Waals surface area contributed by atoms with Crippen LogP contribution < -0.4 is 4.74 Å². The molecule has 0 N–H and O–H groups in total. The molecule has 2 aromatic carbocycles. The second kappa shape index (κ2) is 11.9. The molecule has 0 aliphatic carbocycles. The molecule has 2 aliphatic heterocycles. The number of carbonyl (C=O) groups excluding carboxylic acids is 1. The minimum Gasteiger partial charge on any atom is -0.491 e. The van der Waals surface area contributed by atoms with E-state index in [1.165, 1.54) is 12.1 Å². The van der Waals surface area contributed by atoms with Crippen molar-refractivity contribution in [1.82, 2.24) is 19.3 Å². The van der Waals surface area contributed by atoms with E-state index in [2.05, 4.69) is 27.5 Å². The van der Waals surface area contributed by atoms with Crippen LogP contribution in [-0.4, -0.2) is 90.3 Å². The standard InChI is InChI=1S/C29H34ClFN4O3/c1-32-13-15-34(16-14-32)28(36)19-29(22-37-25-10-8-23(31)9-11-25)21-33(17-18-38-29)20-24-5-4-12-35(24)27-7-3-2-6-26(27)30/h2-12H,13-22H2,1H3/t29-/m0/s1. The summed E-state index contributed by atoms with van der Waals surface area (Å²) in [7, 11) is 2.07. The maximum Gasteiger partial charge on any atom is 0.225 e. The normalized spacial score (nSPS) is 21.0. The topological polar surface area (TPSA) is 50.2 Å². The van der Waals surface area contributed by atoms with Crippen molar-refractivity contribution in [2.45, 2.75) is 18.6 Å². The number of likely N-dealkylation sites (N-methyl/N-ethyl adjacent to an activating group) is 1. The van der Waals surface area contributed by atoms with Crippen molar-refractivity contribution in [2.75, 3.05) is 59.5 Å². The van der Waals surface area contributed by atoms with Gasteiger partial charge in [-0.05, 0) is 55.6 Å². The summed E-state index contributed by atoms with van der Waals surface area (Å²) in [5.74, 6) is 0.298. The Balaban J connectivity index is 1.33. The van der Waals surface area contributed by atoms with Gasteiger partial charge in [0.2, 0.25) is 5.91 Å². The number of hydrogen-bond donors (Lipinski definition) is 0. The van der Waals surface area contributed by atoms with Crippen molar-refractivity contribution in [3.63, 3.8) is 0 Å². The molecule has 202 valence electrons. The van der Waals surface area contributed by atoms with Crippen LogP contribution in [0.1, 0.15) is 12.1 Å². The van der Waals surface area contributed by atoms with E-state index in [0.717, 1.165) is 31.0 Å². The largest absolute Gasteiger partial charge is 0.491 e. The Hall–Kier alpha value is -2.91. The van der Waals surface area contributed by atoms with Crippen LogP contribution in [0.4, 0.5) is 4.39 Å². The van der Waals surface area contributed by atoms with Crippen LogP contribution in [0.15, 0.2) is 66.9 Å². The van der Waals surface area contributed by atoms with E-state index in [9.17, 15) is 9.18 Å². The summed E-state index contributed by atoms with van der Waals surface area (Å²) in [5.41, 5.74) is 1.20. The Bertz CT molecular complexity index is 1230. The zero-order valence-electron chi connectivity index (χ0n) is 21.7. The number of halogens is 2. The highest BCUT2D eigenvalue weighted by molar-refractivity contribution is 6.32. The Morgan fingerprint density at radius 1 is 1.03 bits per heavy atom. The van der Waals surface area contributed by atoms with Crippen LogP contribution in [0, 0.1) is 5.82 Å². The highest BCUT2D eigenvalue weighted by Gasteiger charge is 2.41. The number of carbonyl (C=O) groups is 1. The molecule has 38 heavy (non-hydrogen) atoms. The van der Waals surface area contributed by atoms with Crippen molar-refractivity contribution in [1.29, 1.82) is 0 Å². The van der Waals surface area contributed by atoms with E-state index in [-0.39, 0.29) is 24.8 Å². The lowest BCUT2D eigenvalue weighted by Gasteiger charge is -2.43. The number of morpholine rings is 1. The summed E-state index contributed by atoms with van der Waals surface area (Å²) in [5, 5.41) is 0.687. The number of aromatic nitrogens is 1. The van der Waals surface area contributed by atoms with Gasteiger partial charge in [0, 0.05) is 57.7 Å². The molecular formula is C29H34ClFN4O3. The number of benzene rings is 2. The van der Waals surface area contributed by atoms with E-state index in [1.54, 1.807) is 12.1 Å². The summed E-state index contributed by atoms with van der Waals surface area (Å²) in [4.78, 5) is 19.9. The van der Waals surface area contributed by atoms with Crippen molar-refractivity contribution in [2.24, 2.45) is 0 Å². The molecule has 2 saturated heterocycles. The van der Waals surface area contributed by atoms with Gasteiger partial charge in [-0.2, -0.15) is 0 Å². The lowest BCUT2D eigenvalue weighted by Crippen LogP contribution is -2.58. The van der Waals surface area contributed by atoms with Gasteiger partial charge in [0.25, 0.3) is 0 Å². The van der Waals surface area contributed by atoms with Gasteiger partial charge >= 0.3 is 0 Å². The summed E-state index contributed by atoms with van der Waals surface area (Å²) in [6.07, 6.45) is 2.23. The molecule has 0 unspecified atom stereocenters. The molecule has 3 aromatic rings. The number of amides is 1. The van der Waals surface area contributed by atoms with Gasteiger partial charge in [-0.15, -0.1) is 0 Å². The number of piperazine rings is 1. The molecule has 1 amide bonds. The molecule has 7 nitrogen and oxygen atoms in total. The molecule has 0 saturated carbocycles. The Morgan fingerprint density at radius 3 is 2.55 bits per heavy atom. The highest BCUT2D eigenvalue weighted by atomic mass is 35.5. The summed E-state index contributed by atoms with van der Waals surface area (Å²) in [6, 6.07) is 17.8. The van der Waals surface area contributed by atoms with Gasteiger partial charge in [-0.3, -0.25) is 9.69 Å². The number of ether oxygens (including phenoxy) is 2. The van der Waals surface area contributed by atoms with E-state index in [4.69, 9.17) is 21.1 Å². The zero-order valence-corrected chi connectivity index (χ0v) is 22.4. The highest BCUT2D eigenvalue weighted by Crippen LogP contribution is 2.28. The van der Waals surface area contributed by atoms with Crippen LogP contribution in [0.2, 0.25) is 5.02 Å². The second-order valence-electron chi connectivity index (χ2n) is 10.2. The van der Waals surface area contributed by atoms with E-state index >= 15 is 0 Å². The molecule has 2 aliphatic rings. The number of nitrogens with zero attached hydrogens (tertiary/aromatic N) is 4. The third-order valence-electron chi connectivity index (χ3n) is 7.30. The van der Waals surface area contributed by atoms with Crippen LogP contribution in [-0.2, 0) is 16.1 Å². The molecule has 5 rings (SSSR count). The zero-order chi connectivity index (χ0) is 26.5. The van der Waals surface area contributed by atoms with Crippen molar-refractivity contribution in [3.05, 3.63) is 83.4 Å². The minimum atomic E-state index is -0.825. The molecule has 0 bridgehead atoms.